The zero-order valence-electron chi connectivity index (χ0n) is 12.4. The van der Waals surface area contributed by atoms with Gasteiger partial charge in [-0.25, -0.2) is 0 Å². The summed E-state index contributed by atoms with van der Waals surface area (Å²) in [7, 11) is 1.60. The highest BCUT2D eigenvalue weighted by atomic mass is 16.6. The smallest absolute Gasteiger partial charge is 0.276 e. The Morgan fingerprint density at radius 2 is 1.96 bits per heavy atom. The molecule has 0 aromatic heterocycles. The number of benzene rings is 2. The van der Waals surface area contributed by atoms with E-state index in [2.05, 4.69) is 5.32 Å². The minimum absolute atomic E-state index is 0.174. The van der Waals surface area contributed by atoms with Gasteiger partial charge >= 0.3 is 0 Å². The standard InChI is InChI=1S/C16H15N3O4/c1-18(10-11-5-3-2-4-6-11)16(21)13-9-12(19(22)23)7-8-14(13)17-15(16)20/h2-9,21H,10H2,1H3,(H,17,20). The number of carbonyl (C=O) groups excluding carboxylic acids is 1. The molecule has 2 N–H and O–H groups in total. The van der Waals surface area contributed by atoms with E-state index in [-0.39, 0.29) is 11.3 Å². The number of hydrogen-bond donors (Lipinski definition) is 2. The normalized spacial score (nSPS) is 19.5. The number of hydrogen-bond acceptors (Lipinski definition) is 5. The van der Waals surface area contributed by atoms with Crippen LogP contribution in [0, 0.1) is 10.1 Å². The highest BCUT2D eigenvalue weighted by Crippen LogP contribution is 2.40. The molecule has 0 saturated heterocycles. The Kier molecular flexibility index (Phi) is 3.59. The molecule has 118 valence electrons. The monoisotopic (exact) mass is 313 g/mol. The molecule has 2 aromatic rings. The number of anilines is 1. The quantitative estimate of drug-likeness (QED) is 0.510. The van der Waals surface area contributed by atoms with E-state index in [0.29, 0.717) is 12.2 Å². The summed E-state index contributed by atoms with van der Waals surface area (Å²) in [5, 5.41) is 24.5. The third-order valence-electron chi connectivity index (χ3n) is 3.97. The minimum atomic E-state index is -1.95. The Morgan fingerprint density at radius 3 is 2.61 bits per heavy atom. The summed E-state index contributed by atoms with van der Waals surface area (Å²) >= 11 is 0. The van der Waals surface area contributed by atoms with Crippen LogP contribution in [-0.2, 0) is 17.1 Å². The van der Waals surface area contributed by atoms with E-state index in [4.69, 9.17) is 0 Å². The van der Waals surface area contributed by atoms with Crippen LogP contribution in [0.25, 0.3) is 0 Å². The van der Waals surface area contributed by atoms with Gasteiger partial charge in [-0.05, 0) is 18.7 Å². The van der Waals surface area contributed by atoms with E-state index in [0.717, 1.165) is 5.56 Å². The van der Waals surface area contributed by atoms with Crippen molar-refractivity contribution >= 4 is 17.3 Å². The van der Waals surface area contributed by atoms with Crippen molar-refractivity contribution in [2.75, 3.05) is 12.4 Å². The van der Waals surface area contributed by atoms with Crippen LogP contribution >= 0.6 is 0 Å². The van der Waals surface area contributed by atoms with Crippen molar-refractivity contribution in [3.8, 4) is 0 Å². The molecule has 1 aliphatic rings. The summed E-state index contributed by atoms with van der Waals surface area (Å²) in [5.74, 6) is -0.619. The predicted molar refractivity (Wildman–Crippen MR) is 83.5 cm³/mol. The number of nitro groups is 1. The molecule has 7 heteroatoms. The van der Waals surface area contributed by atoms with Gasteiger partial charge in [-0.2, -0.15) is 0 Å². The largest absolute Gasteiger partial charge is 0.364 e. The number of nitro benzene ring substituents is 1. The van der Waals surface area contributed by atoms with Gasteiger partial charge in [-0.3, -0.25) is 19.8 Å². The molecule has 0 spiro atoms. The molecule has 1 unspecified atom stereocenters. The van der Waals surface area contributed by atoms with Gasteiger partial charge in [0.05, 0.1) is 4.92 Å². The Balaban J connectivity index is 1.99. The molecule has 0 radical (unpaired) electrons. The molecular formula is C16H15N3O4. The van der Waals surface area contributed by atoms with Crippen molar-refractivity contribution in [2.24, 2.45) is 0 Å². The van der Waals surface area contributed by atoms with E-state index in [9.17, 15) is 20.0 Å². The van der Waals surface area contributed by atoms with Gasteiger partial charge < -0.3 is 10.4 Å². The maximum Gasteiger partial charge on any atom is 0.276 e. The maximum atomic E-state index is 12.3. The molecule has 3 rings (SSSR count). The van der Waals surface area contributed by atoms with E-state index in [1.165, 1.54) is 23.1 Å². The number of rotatable bonds is 4. The van der Waals surface area contributed by atoms with Crippen LogP contribution in [0.4, 0.5) is 11.4 Å². The third kappa shape index (κ3) is 2.45. The van der Waals surface area contributed by atoms with Gasteiger partial charge in [0.25, 0.3) is 11.6 Å². The molecule has 2 aromatic carbocycles. The second-order valence-corrected chi connectivity index (χ2v) is 5.45. The number of nitrogens with zero attached hydrogens (tertiary/aromatic N) is 2. The second-order valence-electron chi connectivity index (χ2n) is 5.45. The molecule has 1 amide bonds. The van der Waals surface area contributed by atoms with Gasteiger partial charge in [-0.1, -0.05) is 30.3 Å². The van der Waals surface area contributed by atoms with Gasteiger partial charge in [0.15, 0.2) is 0 Å². The van der Waals surface area contributed by atoms with Crippen LogP contribution in [0.1, 0.15) is 11.1 Å². The lowest BCUT2D eigenvalue weighted by molar-refractivity contribution is -0.385. The lowest BCUT2D eigenvalue weighted by Crippen LogP contribution is -2.48. The zero-order valence-corrected chi connectivity index (χ0v) is 12.4. The SMILES string of the molecule is CN(Cc1ccccc1)C1(O)C(=O)Nc2ccc([N+](=O)[O-])cc21. The Labute approximate surface area is 132 Å². The van der Waals surface area contributed by atoms with Crippen LogP contribution < -0.4 is 5.32 Å². The first-order valence-electron chi connectivity index (χ1n) is 7.01. The molecule has 0 bridgehead atoms. The number of likely N-dealkylation sites (N-methyl/N-ethyl adjacent to an activating group) is 1. The summed E-state index contributed by atoms with van der Waals surface area (Å²) < 4.78 is 0. The van der Waals surface area contributed by atoms with Crippen molar-refractivity contribution in [1.82, 2.24) is 4.90 Å². The molecule has 0 fully saturated rings. The fraction of sp³-hybridized carbons (Fsp3) is 0.188. The number of amides is 1. The van der Waals surface area contributed by atoms with Crippen LogP contribution in [0.5, 0.6) is 0 Å². The highest BCUT2D eigenvalue weighted by Gasteiger charge is 2.49. The van der Waals surface area contributed by atoms with Crippen LogP contribution in [0.3, 0.4) is 0 Å². The fourth-order valence-electron chi connectivity index (χ4n) is 2.73. The van der Waals surface area contributed by atoms with Crippen LogP contribution in [0.15, 0.2) is 48.5 Å². The van der Waals surface area contributed by atoms with Crippen molar-refractivity contribution in [3.63, 3.8) is 0 Å². The van der Waals surface area contributed by atoms with Crippen molar-refractivity contribution in [1.29, 1.82) is 0 Å². The van der Waals surface area contributed by atoms with Gasteiger partial charge in [0.2, 0.25) is 5.72 Å². The second kappa shape index (κ2) is 5.45. The zero-order chi connectivity index (χ0) is 16.6. The molecule has 1 heterocycles. The molecule has 23 heavy (non-hydrogen) atoms. The number of fused-ring (bicyclic) bond motifs is 1. The molecule has 0 saturated carbocycles. The number of non-ortho nitro benzene ring substituents is 1. The van der Waals surface area contributed by atoms with Gasteiger partial charge in [0.1, 0.15) is 0 Å². The number of nitrogens with one attached hydrogen (secondary N) is 1. The topological polar surface area (TPSA) is 95.7 Å². The minimum Gasteiger partial charge on any atom is -0.364 e. The lowest BCUT2D eigenvalue weighted by atomic mass is 10.0. The summed E-state index contributed by atoms with van der Waals surface area (Å²) in [6, 6.07) is 13.3. The van der Waals surface area contributed by atoms with E-state index in [1.807, 2.05) is 30.3 Å². The van der Waals surface area contributed by atoms with Crippen molar-refractivity contribution in [2.45, 2.75) is 12.3 Å². The van der Waals surface area contributed by atoms with E-state index in [1.54, 1.807) is 7.05 Å². The fourth-order valence-corrected chi connectivity index (χ4v) is 2.73. The maximum absolute atomic E-state index is 12.3. The summed E-state index contributed by atoms with van der Waals surface area (Å²) in [6.07, 6.45) is 0. The van der Waals surface area contributed by atoms with Crippen LogP contribution in [0.2, 0.25) is 0 Å². The molecule has 7 nitrogen and oxygen atoms in total. The lowest BCUT2D eigenvalue weighted by Gasteiger charge is -2.31. The Morgan fingerprint density at radius 1 is 1.26 bits per heavy atom. The molecule has 1 atom stereocenters. The first-order chi connectivity index (χ1) is 10.9. The van der Waals surface area contributed by atoms with Crippen LogP contribution in [-0.4, -0.2) is 27.9 Å². The Hall–Kier alpha value is -2.77. The van der Waals surface area contributed by atoms with E-state index < -0.39 is 16.6 Å². The molecule has 1 aliphatic heterocycles. The first kappa shape index (κ1) is 15.1. The van der Waals surface area contributed by atoms with Gasteiger partial charge in [-0.15, -0.1) is 0 Å². The number of aliphatic hydroxyl groups is 1. The molecular weight excluding hydrogens is 298 g/mol. The first-order valence-corrected chi connectivity index (χ1v) is 7.01. The van der Waals surface area contributed by atoms with Crippen molar-refractivity contribution in [3.05, 3.63) is 69.8 Å². The summed E-state index contributed by atoms with van der Waals surface area (Å²) in [4.78, 5) is 24.2. The summed E-state index contributed by atoms with van der Waals surface area (Å²) in [5.41, 5.74) is -0.642. The highest BCUT2D eigenvalue weighted by molar-refractivity contribution is 6.04. The Bertz CT molecular complexity index is 778. The average molecular weight is 313 g/mol. The van der Waals surface area contributed by atoms with Crippen molar-refractivity contribution < 1.29 is 14.8 Å². The summed E-state index contributed by atoms with van der Waals surface area (Å²) in [6.45, 7) is 0.312. The van der Waals surface area contributed by atoms with E-state index >= 15 is 0 Å². The third-order valence-corrected chi connectivity index (χ3v) is 3.97. The number of carbonyl (C=O) groups is 1. The predicted octanol–water partition coefficient (Wildman–Crippen LogP) is 1.82. The van der Waals surface area contributed by atoms with Gasteiger partial charge in [0, 0.05) is 29.9 Å². The average Bonchev–Trinajstić information content (AvgIpc) is 2.80. The molecule has 0 aliphatic carbocycles.